The molecule has 0 spiro atoms. The van der Waals surface area contributed by atoms with E-state index in [4.69, 9.17) is 5.26 Å². The van der Waals surface area contributed by atoms with E-state index in [0.717, 1.165) is 0 Å². The lowest BCUT2D eigenvalue weighted by Crippen LogP contribution is -2.01. The molecule has 0 bridgehead atoms. The molecule has 74 valence electrons. The molecule has 1 rings (SSSR count). The van der Waals surface area contributed by atoms with Crippen LogP contribution in [-0.4, -0.2) is 4.98 Å². The van der Waals surface area contributed by atoms with E-state index in [9.17, 15) is 8.78 Å². The molecule has 0 fully saturated rings. The van der Waals surface area contributed by atoms with Crippen LogP contribution in [0.4, 0.5) is 8.78 Å². The lowest BCUT2D eigenvalue weighted by Gasteiger charge is -2.07. The summed E-state index contributed by atoms with van der Waals surface area (Å²) in [6.07, 6.45) is -1.42. The van der Waals surface area contributed by atoms with Crippen molar-refractivity contribution in [3.8, 4) is 6.07 Å². The van der Waals surface area contributed by atoms with Gasteiger partial charge in [0.2, 0.25) is 0 Å². The summed E-state index contributed by atoms with van der Waals surface area (Å²) in [6.45, 7) is 0. The van der Waals surface area contributed by atoms with Crippen molar-refractivity contribution < 1.29 is 8.78 Å². The fourth-order valence-corrected chi connectivity index (χ4v) is 2.88. The summed E-state index contributed by atoms with van der Waals surface area (Å²) >= 11 is 4.94. The van der Waals surface area contributed by atoms with Crippen molar-refractivity contribution in [2.75, 3.05) is 0 Å². The van der Waals surface area contributed by atoms with Crippen molar-refractivity contribution in [1.82, 2.24) is 4.98 Å². The molecule has 0 aromatic carbocycles. The zero-order valence-corrected chi connectivity index (χ0v) is 10.5. The van der Waals surface area contributed by atoms with Gasteiger partial charge in [-0.05, 0) is 28.2 Å². The number of alkyl halides is 3. The van der Waals surface area contributed by atoms with Gasteiger partial charge in [0, 0.05) is 15.1 Å². The van der Waals surface area contributed by atoms with Crippen LogP contribution in [0.3, 0.4) is 0 Å². The van der Waals surface area contributed by atoms with Crippen LogP contribution in [0, 0.1) is 14.9 Å². The Morgan fingerprint density at radius 2 is 2.29 bits per heavy atom. The molecule has 0 saturated heterocycles. The SMILES string of the molecule is N#Cc1cnc(C(F)F)c(I)c1CBr. The van der Waals surface area contributed by atoms with Crippen LogP contribution in [0.2, 0.25) is 0 Å². The monoisotopic (exact) mass is 372 g/mol. The summed E-state index contributed by atoms with van der Waals surface area (Å²) in [5.74, 6) is 0. The first kappa shape index (κ1) is 11.8. The van der Waals surface area contributed by atoms with Crippen LogP contribution in [0.5, 0.6) is 0 Å². The highest BCUT2D eigenvalue weighted by molar-refractivity contribution is 14.1. The van der Waals surface area contributed by atoms with Crippen molar-refractivity contribution in [1.29, 1.82) is 5.26 Å². The largest absolute Gasteiger partial charge is 0.281 e. The Labute approximate surface area is 102 Å². The highest BCUT2D eigenvalue weighted by atomic mass is 127. The zero-order valence-electron chi connectivity index (χ0n) is 6.77. The summed E-state index contributed by atoms with van der Waals surface area (Å²) < 4.78 is 25.2. The van der Waals surface area contributed by atoms with Gasteiger partial charge in [-0.2, -0.15) is 5.26 Å². The van der Waals surface area contributed by atoms with Gasteiger partial charge < -0.3 is 0 Å². The van der Waals surface area contributed by atoms with Gasteiger partial charge in [0.1, 0.15) is 11.8 Å². The maximum absolute atomic E-state index is 12.4. The molecule has 0 saturated carbocycles. The van der Waals surface area contributed by atoms with E-state index in [1.807, 2.05) is 6.07 Å². The van der Waals surface area contributed by atoms with Crippen molar-refractivity contribution in [2.45, 2.75) is 11.8 Å². The quantitative estimate of drug-likeness (QED) is 0.589. The molecule has 0 N–H and O–H groups in total. The van der Waals surface area contributed by atoms with E-state index in [1.165, 1.54) is 6.20 Å². The standard InChI is InChI=1S/C8H4BrF2IN2/c9-1-5-4(2-13)3-14-7(6(5)12)8(10)11/h3,8H,1H2. The Morgan fingerprint density at radius 1 is 1.64 bits per heavy atom. The molecule has 0 amide bonds. The number of aromatic nitrogens is 1. The molecule has 0 unspecified atom stereocenters. The number of rotatable bonds is 2. The minimum atomic E-state index is -2.60. The Morgan fingerprint density at radius 3 is 2.71 bits per heavy atom. The van der Waals surface area contributed by atoms with Gasteiger partial charge in [0.15, 0.2) is 0 Å². The van der Waals surface area contributed by atoms with Crippen molar-refractivity contribution >= 4 is 38.5 Å². The van der Waals surface area contributed by atoms with Gasteiger partial charge in [0.05, 0.1) is 5.56 Å². The predicted octanol–water partition coefficient (Wildman–Crippen LogP) is 3.39. The van der Waals surface area contributed by atoms with Gasteiger partial charge in [-0.1, -0.05) is 15.9 Å². The third-order valence-electron chi connectivity index (χ3n) is 1.61. The van der Waals surface area contributed by atoms with Crippen LogP contribution in [-0.2, 0) is 5.33 Å². The van der Waals surface area contributed by atoms with E-state index < -0.39 is 6.43 Å². The molecule has 1 heterocycles. The number of pyridine rings is 1. The predicted molar refractivity (Wildman–Crippen MR) is 59.3 cm³/mol. The highest BCUT2D eigenvalue weighted by Gasteiger charge is 2.18. The van der Waals surface area contributed by atoms with Crippen LogP contribution in [0.15, 0.2) is 6.20 Å². The second-order valence-corrected chi connectivity index (χ2v) is 4.04. The molecule has 0 atom stereocenters. The van der Waals surface area contributed by atoms with Crippen LogP contribution < -0.4 is 0 Å². The third-order valence-corrected chi connectivity index (χ3v) is 3.37. The van der Waals surface area contributed by atoms with Crippen LogP contribution in [0.25, 0.3) is 0 Å². The summed E-state index contributed by atoms with van der Waals surface area (Å²) in [6, 6.07) is 1.91. The van der Waals surface area contributed by atoms with Gasteiger partial charge in [0.25, 0.3) is 6.43 Å². The molecule has 14 heavy (non-hydrogen) atoms. The first-order valence-electron chi connectivity index (χ1n) is 3.53. The summed E-state index contributed by atoms with van der Waals surface area (Å²) in [7, 11) is 0. The van der Waals surface area contributed by atoms with E-state index in [2.05, 4.69) is 20.9 Å². The van der Waals surface area contributed by atoms with Crippen molar-refractivity contribution in [3.63, 3.8) is 0 Å². The van der Waals surface area contributed by atoms with Crippen LogP contribution in [0.1, 0.15) is 23.2 Å². The van der Waals surface area contributed by atoms with E-state index in [1.54, 1.807) is 22.6 Å². The third kappa shape index (κ3) is 2.20. The number of halogens is 4. The Balaban J connectivity index is 3.37. The molecule has 2 nitrogen and oxygen atoms in total. The van der Waals surface area contributed by atoms with Gasteiger partial charge >= 0.3 is 0 Å². The summed E-state index contributed by atoms with van der Waals surface area (Å²) in [5.41, 5.74) is 0.633. The van der Waals surface area contributed by atoms with E-state index >= 15 is 0 Å². The lowest BCUT2D eigenvalue weighted by atomic mass is 10.1. The lowest BCUT2D eigenvalue weighted by molar-refractivity contribution is 0.145. The molecule has 1 aromatic heterocycles. The minimum absolute atomic E-state index is 0.265. The fraction of sp³-hybridized carbons (Fsp3) is 0.250. The average molecular weight is 373 g/mol. The van der Waals surface area contributed by atoms with Crippen molar-refractivity contribution in [3.05, 3.63) is 26.6 Å². The smallest absolute Gasteiger partial charge is 0.253 e. The average Bonchev–Trinajstić information content (AvgIpc) is 2.16. The first-order valence-corrected chi connectivity index (χ1v) is 5.73. The second-order valence-electron chi connectivity index (χ2n) is 2.40. The fourth-order valence-electron chi connectivity index (χ4n) is 0.921. The first-order chi connectivity index (χ1) is 6.61. The molecule has 0 aliphatic heterocycles. The Kier molecular flexibility index (Phi) is 4.19. The van der Waals surface area contributed by atoms with Gasteiger partial charge in [-0.25, -0.2) is 8.78 Å². The normalized spacial score (nSPS) is 10.3. The topological polar surface area (TPSA) is 36.7 Å². The molecule has 0 aliphatic carbocycles. The summed E-state index contributed by atoms with van der Waals surface area (Å²) in [5, 5.41) is 9.07. The van der Waals surface area contributed by atoms with E-state index in [0.29, 0.717) is 20.0 Å². The highest BCUT2D eigenvalue weighted by Crippen LogP contribution is 2.27. The Hall–Kier alpha value is -0.290. The maximum Gasteiger partial charge on any atom is 0.281 e. The van der Waals surface area contributed by atoms with Gasteiger partial charge in [-0.3, -0.25) is 4.98 Å². The molecular weight excluding hydrogens is 369 g/mol. The molecule has 0 aliphatic rings. The maximum atomic E-state index is 12.4. The number of nitriles is 1. The molecule has 6 heteroatoms. The Bertz CT molecular complexity index is 390. The number of nitrogens with zero attached hydrogens (tertiary/aromatic N) is 2. The summed E-state index contributed by atoms with van der Waals surface area (Å²) in [4.78, 5) is 3.56. The van der Waals surface area contributed by atoms with E-state index in [-0.39, 0.29) is 5.69 Å². The molecular formula is C8H4BrF2IN2. The number of hydrogen-bond acceptors (Lipinski definition) is 2. The molecule has 1 aromatic rings. The van der Waals surface area contributed by atoms with Crippen molar-refractivity contribution in [2.24, 2.45) is 0 Å². The zero-order chi connectivity index (χ0) is 10.7. The molecule has 0 radical (unpaired) electrons. The minimum Gasteiger partial charge on any atom is -0.253 e. The van der Waals surface area contributed by atoms with Gasteiger partial charge in [-0.15, -0.1) is 0 Å². The number of hydrogen-bond donors (Lipinski definition) is 0. The second kappa shape index (κ2) is 4.98. The van der Waals surface area contributed by atoms with Crippen LogP contribution >= 0.6 is 38.5 Å².